The van der Waals surface area contributed by atoms with Crippen molar-refractivity contribution in [3.63, 3.8) is 0 Å². The molecule has 9 heteroatoms. The molecular formula is C26H30N4O5. The first-order chi connectivity index (χ1) is 16.6. The van der Waals surface area contributed by atoms with Gasteiger partial charge in [-0.05, 0) is 74.2 Å². The van der Waals surface area contributed by atoms with Crippen molar-refractivity contribution < 1.29 is 19.8 Å². The number of nitrogens with two attached hydrogens (primary N) is 1. The number of hydrogen-bond acceptors (Lipinski definition) is 6. The van der Waals surface area contributed by atoms with Crippen LogP contribution in [0.15, 0.2) is 29.1 Å². The zero-order valence-electron chi connectivity index (χ0n) is 19.7. The van der Waals surface area contributed by atoms with Gasteiger partial charge in [-0.3, -0.25) is 14.4 Å². The molecule has 1 aromatic heterocycles. The number of likely N-dealkylation sites (N-methyl/N-ethyl adjacent to an activating group) is 1. The number of nitrogens with zero attached hydrogens (tertiary/aromatic N) is 2. The number of benzene rings is 1. The fraction of sp³-hybridized carbons (Fsp3) is 0.500. The van der Waals surface area contributed by atoms with Gasteiger partial charge in [0.1, 0.15) is 17.4 Å². The molecule has 4 atom stereocenters. The Labute approximate surface area is 202 Å². The molecule has 2 saturated heterocycles. The van der Waals surface area contributed by atoms with E-state index in [0.717, 1.165) is 23.2 Å². The molecule has 35 heavy (non-hydrogen) atoms. The third-order valence-corrected chi connectivity index (χ3v) is 9.05. The number of aliphatic hydroxyl groups is 1. The molecule has 2 bridgehead atoms. The number of pyridine rings is 1. The Kier molecular flexibility index (Phi) is 4.72. The van der Waals surface area contributed by atoms with E-state index in [1.54, 1.807) is 18.2 Å². The Bertz CT molecular complexity index is 1320. The number of likely N-dealkylation sites (tertiary alicyclic amines) is 2. The number of primary amides is 1. The van der Waals surface area contributed by atoms with Gasteiger partial charge in [-0.25, -0.2) is 0 Å². The predicted molar refractivity (Wildman–Crippen MR) is 127 cm³/mol. The number of fused-ring (bicyclic) bond motifs is 2. The van der Waals surface area contributed by atoms with Gasteiger partial charge < -0.3 is 30.7 Å². The summed E-state index contributed by atoms with van der Waals surface area (Å²) in [7, 11) is 2.02. The number of phenolic OH excluding ortho intramolecular Hbond substituents is 1. The number of piperidine rings is 1. The smallest absolute Gasteiger partial charge is 0.261 e. The van der Waals surface area contributed by atoms with Gasteiger partial charge in [0, 0.05) is 36.5 Å². The molecule has 6 rings (SSSR count). The third-order valence-electron chi connectivity index (χ3n) is 9.05. The van der Waals surface area contributed by atoms with Crippen molar-refractivity contribution in [2.75, 3.05) is 20.1 Å². The van der Waals surface area contributed by atoms with Gasteiger partial charge in [-0.2, -0.15) is 0 Å². The molecule has 0 radical (unpaired) electrons. The number of hydrogen-bond donors (Lipinski definition) is 4. The van der Waals surface area contributed by atoms with Gasteiger partial charge in [0.25, 0.3) is 11.5 Å². The predicted octanol–water partition coefficient (Wildman–Crippen LogP) is 0.198. The monoisotopic (exact) mass is 478 g/mol. The number of aromatic nitrogens is 1. The zero-order chi connectivity index (χ0) is 24.7. The summed E-state index contributed by atoms with van der Waals surface area (Å²) in [4.78, 5) is 44.7. The van der Waals surface area contributed by atoms with E-state index in [4.69, 9.17) is 5.73 Å². The molecule has 2 aliphatic heterocycles. The van der Waals surface area contributed by atoms with Crippen LogP contribution in [0, 0.1) is 0 Å². The minimum Gasteiger partial charge on any atom is -0.508 e. The highest BCUT2D eigenvalue weighted by molar-refractivity contribution is 5.97. The second-order valence-corrected chi connectivity index (χ2v) is 10.7. The quantitative estimate of drug-likeness (QED) is 0.486. The van der Waals surface area contributed by atoms with Crippen molar-refractivity contribution in [3.05, 3.63) is 62.6 Å². The first kappa shape index (κ1) is 22.3. The maximum Gasteiger partial charge on any atom is 0.261 e. The lowest BCUT2D eigenvalue weighted by Crippen LogP contribution is -2.73. The van der Waals surface area contributed by atoms with Gasteiger partial charge in [0.2, 0.25) is 5.91 Å². The number of nitrogens with one attached hydrogen (secondary N) is 1. The van der Waals surface area contributed by atoms with Crippen molar-refractivity contribution in [3.8, 4) is 5.75 Å². The van der Waals surface area contributed by atoms with Crippen molar-refractivity contribution in [2.45, 2.75) is 61.6 Å². The van der Waals surface area contributed by atoms with E-state index in [-0.39, 0.29) is 23.8 Å². The minimum absolute atomic E-state index is 0.0242. The summed E-state index contributed by atoms with van der Waals surface area (Å²) in [6.07, 6.45) is 3.18. The fourth-order valence-electron chi connectivity index (χ4n) is 7.27. The molecule has 5 N–H and O–H groups in total. The summed E-state index contributed by atoms with van der Waals surface area (Å²) in [6, 6.07) is 6.14. The van der Waals surface area contributed by atoms with Crippen molar-refractivity contribution >= 4 is 11.8 Å². The third kappa shape index (κ3) is 2.97. The molecule has 0 saturated carbocycles. The highest BCUT2D eigenvalue weighted by Crippen LogP contribution is 2.56. The second-order valence-electron chi connectivity index (χ2n) is 10.7. The number of carbonyl (C=O) groups excluding carboxylic acids is 2. The fourth-order valence-corrected chi connectivity index (χ4v) is 7.27. The van der Waals surface area contributed by atoms with E-state index in [1.165, 1.54) is 4.90 Å². The number of phenols is 1. The molecule has 4 aliphatic rings. The maximum atomic E-state index is 13.3. The van der Waals surface area contributed by atoms with E-state index in [2.05, 4.69) is 9.88 Å². The molecule has 1 aromatic carbocycles. The molecule has 2 fully saturated rings. The topological polar surface area (TPSA) is 140 Å². The van der Waals surface area contributed by atoms with E-state index < -0.39 is 34.4 Å². The lowest BCUT2D eigenvalue weighted by molar-refractivity contribution is -0.145. The molecule has 3 heterocycles. The van der Waals surface area contributed by atoms with Crippen LogP contribution < -0.4 is 11.3 Å². The molecule has 0 spiro atoms. The Morgan fingerprint density at radius 1 is 1.17 bits per heavy atom. The number of amides is 2. The molecule has 184 valence electrons. The highest BCUT2D eigenvalue weighted by atomic mass is 16.3. The number of aromatic amines is 1. The van der Waals surface area contributed by atoms with Gasteiger partial charge in [0.15, 0.2) is 0 Å². The number of carbonyl (C=O) groups is 2. The average molecular weight is 479 g/mol. The van der Waals surface area contributed by atoms with Crippen molar-refractivity contribution in [1.82, 2.24) is 14.8 Å². The van der Waals surface area contributed by atoms with Gasteiger partial charge in [0.05, 0.1) is 5.60 Å². The van der Waals surface area contributed by atoms with Gasteiger partial charge in [-0.1, -0.05) is 6.07 Å². The van der Waals surface area contributed by atoms with Crippen LogP contribution in [-0.4, -0.2) is 74.6 Å². The van der Waals surface area contributed by atoms with Crippen LogP contribution >= 0.6 is 0 Å². The first-order valence-corrected chi connectivity index (χ1v) is 12.2. The van der Waals surface area contributed by atoms with Crippen LogP contribution in [-0.2, 0) is 29.5 Å². The lowest BCUT2D eigenvalue weighted by atomic mass is 9.49. The zero-order valence-corrected chi connectivity index (χ0v) is 19.7. The Balaban J connectivity index is 1.46. The number of aromatic hydroxyl groups is 1. The van der Waals surface area contributed by atoms with Gasteiger partial charge in [-0.15, -0.1) is 0 Å². The molecule has 0 unspecified atom stereocenters. The number of H-pyrrole nitrogens is 1. The largest absolute Gasteiger partial charge is 0.508 e. The van der Waals surface area contributed by atoms with Crippen LogP contribution in [0.1, 0.15) is 52.0 Å². The SMILES string of the molecule is CN1CC[C@]23Cc4[nH]c(=O)c(C(=O)N5CCC[C@H]5C(N)=O)cc4C[C@@]2(O)[C@H]1Cc1ccc(O)cc13. The summed E-state index contributed by atoms with van der Waals surface area (Å²) in [5.41, 5.74) is 6.68. The van der Waals surface area contributed by atoms with Crippen LogP contribution in [0.2, 0.25) is 0 Å². The Morgan fingerprint density at radius 2 is 1.97 bits per heavy atom. The van der Waals surface area contributed by atoms with E-state index >= 15 is 0 Å². The molecule has 2 aliphatic carbocycles. The molecule has 9 nitrogen and oxygen atoms in total. The average Bonchev–Trinajstić information content (AvgIpc) is 3.30. The molecule has 2 amide bonds. The first-order valence-electron chi connectivity index (χ1n) is 12.2. The van der Waals surface area contributed by atoms with E-state index in [0.29, 0.717) is 44.3 Å². The minimum atomic E-state index is -1.13. The van der Waals surface area contributed by atoms with Crippen molar-refractivity contribution in [1.29, 1.82) is 0 Å². The summed E-state index contributed by atoms with van der Waals surface area (Å²) in [6.45, 7) is 1.17. The summed E-state index contributed by atoms with van der Waals surface area (Å²) >= 11 is 0. The Morgan fingerprint density at radius 3 is 2.74 bits per heavy atom. The maximum absolute atomic E-state index is 13.3. The highest BCUT2D eigenvalue weighted by Gasteiger charge is 2.64. The van der Waals surface area contributed by atoms with Crippen LogP contribution in [0.5, 0.6) is 5.75 Å². The molecular weight excluding hydrogens is 448 g/mol. The Hall–Kier alpha value is -3.17. The van der Waals surface area contributed by atoms with E-state index in [1.807, 2.05) is 13.1 Å². The van der Waals surface area contributed by atoms with Crippen LogP contribution in [0.4, 0.5) is 0 Å². The van der Waals surface area contributed by atoms with Crippen LogP contribution in [0.25, 0.3) is 0 Å². The van der Waals surface area contributed by atoms with Crippen LogP contribution in [0.3, 0.4) is 0 Å². The normalized spacial score (nSPS) is 31.4. The standard InChI is InChI=1S/C26H30N4O5/c1-29-8-6-25-13-19-15(12-26(25,35)21(29)10-14-4-5-16(31)11-18(14)25)9-17(23(33)28-19)24(34)30-7-2-3-20(30)22(27)32/h4-5,9,11,20-21,31,35H,2-3,6-8,10,12-13H2,1H3,(H2,27,32)(H,28,33)/t20-,21+,25+,26+/m0/s1. The lowest BCUT2D eigenvalue weighted by Gasteiger charge is -2.63. The van der Waals surface area contributed by atoms with E-state index in [9.17, 15) is 24.6 Å². The summed E-state index contributed by atoms with van der Waals surface area (Å²) < 4.78 is 0. The second kappa shape index (κ2) is 7.41. The van der Waals surface area contributed by atoms with Gasteiger partial charge >= 0.3 is 0 Å². The summed E-state index contributed by atoms with van der Waals surface area (Å²) in [5, 5.41) is 22.7. The number of rotatable bonds is 2. The summed E-state index contributed by atoms with van der Waals surface area (Å²) in [5.74, 6) is -0.909. The molecule has 2 aromatic rings. The van der Waals surface area contributed by atoms with Crippen molar-refractivity contribution in [2.24, 2.45) is 5.73 Å².